The number of hydrogen-bond acceptors (Lipinski definition) is 6. The van der Waals surface area contributed by atoms with Crippen molar-refractivity contribution in [2.45, 2.75) is 43.9 Å². The van der Waals surface area contributed by atoms with Crippen molar-refractivity contribution >= 4 is 38.9 Å². The van der Waals surface area contributed by atoms with Gasteiger partial charge in [0.1, 0.15) is 0 Å². The third-order valence-electron chi connectivity index (χ3n) is 5.43. The number of ether oxygens (including phenoxy) is 2. The Bertz CT molecular complexity index is 1220. The van der Waals surface area contributed by atoms with Gasteiger partial charge in [0.2, 0.25) is 0 Å². The van der Waals surface area contributed by atoms with Crippen molar-refractivity contribution in [3.05, 3.63) is 71.7 Å². The summed E-state index contributed by atoms with van der Waals surface area (Å²) in [6.07, 6.45) is 8.90. The van der Waals surface area contributed by atoms with Crippen LogP contribution in [0.1, 0.15) is 44.6 Å². The Morgan fingerprint density at radius 1 is 1.06 bits per heavy atom. The summed E-state index contributed by atoms with van der Waals surface area (Å²) in [6.45, 7) is 6.58. The molecular weight excluding hydrogens is 496 g/mol. The third-order valence-corrected chi connectivity index (χ3v) is 7.83. The van der Waals surface area contributed by atoms with E-state index < -0.39 is 10.0 Å². The first kappa shape index (κ1) is 27.5. The molecule has 0 radical (unpaired) electrons. The van der Waals surface area contributed by atoms with Crippen LogP contribution in [0.15, 0.2) is 75.4 Å². The van der Waals surface area contributed by atoms with Gasteiger partial charge in [-0.1, -0.05) is 62.9 Å². The van der Waals surface area contributed by atoms with E-state index in [1.165, 1.54) is 42.4 Å². The maximum atomic E-state index is 13.1. The van der Waals surface area contributed by atoms with Gasteiger partial charge < -0.3 is 9.47 Å². The summed E-state index contributed by atoms with van der Waals surface area (Å²) in [7, 11) is -2.39. The van der Waals surface area contributed by atoms with Gasteiger partial charge in [-0.2, -0.15) is 8.42 Å². The maximum absolute atomic E-state index is 13.1. The molecule has 7 nitrogen and oxygen atoms in total. The minimum atomic E-state index is -3.97. The highest BCUT2D eigenvalue weighted by Gasteiger charge is 2.34. The molecule has 3 rings (SSSR count). The Morgan fingerprint density at radius 2 is 1.81 bits per heavy atom. The van der Waals surface area contributed by atoms with Crippen LogP contribution in [-0.2, 0) is 14.8 Å². The number of sulfonamides is 1. The molecule has 0 N–H and O–H groups in total. The van der Waals surface area contributed by atoms with E-state index in [0.717, 1.165) is 30.2 Å². The van der Waals surface area contributed by atoms with Crippen molar-refractivity contribution in [3.63, 3.8) is 0 Å². The number of unbranched alkanes of at least 4 members (excludes halogenated alkanes) is 4. The Balaban J connectivity index is 1.83. The standard InChI is InChI=1S/C27H32N2O5S2/c1-4-6-7-8-12-18-34-24-19-21(15-16-23(24)33-3)20-25-26(30)29(17-5-2)27(35-25)28-36(31,32)22-13-10-9-11-14-22/h5,9-11,13-16,19-20H,2,4,6-8,12,17-18H2,1,3H3/b25-20-,28-27?. The monoisotopic (exact) mass is 528 g/mol. The van der Waals surface area contributed by atoms with Gasteiger partial charge in [0.15, 0.2) is 16.7 Å². The van der Waals surface area contributed by atoms with Gasteiger partial charge >= 0.3 is 0 Å². The number of methoxy groups -OCH3 is 1. The van der Waals surface area contributed by atoms with Crippen molar-refractivity contribution < 1.29 is 22.7 Å². The SMILES string of the molecule is C=CCN1C(=O)/C(=C/c2ccc(OC)c(OCCCCCCC)c2)SC1=NS(=O)(=O)c1ccccc1. The van der Waals surface area contributed by atoms with E-state index in [2.05, 4.69) is 17.9 Å². The van der Waals surface area contributed by atoms with Crippen LogP contribution in [0.25, 0.3) is 6.08 Å². The van der Waals surface area contributed by atoms with E-state index in [4.69, 9.17) is 9.47 Å². The highest BCUT2D eigenvalue weighted by molar-refractivity contribution is 8.19. The van der Waals surface area contributed by atoms with E-state index >= 15 is 0 Å². The number of hydrogen-bond donors (Lipinski definition) is 0. The second-order valence-corrected chi connectivity index (χ2v) is 10.8. The summed E-state index contributed by atoms with van der Waals surface area (Å²) in [5, 5.41) is 0.0899. The van der Waals surface area contributed by atoms with Gasteiger partial charge in [-0.15, -0.1) is 11.0 Å². The zero-order chi connectivity index (χ0) is 26.0. The summed E-state index contributed by atoms with van der Waals surface area (Å²) >= 11 is 1.02. The smallest absolute Gasteiger partial charge is 0.284 e. The van der Waals surface area contributed by atoms with Crippen molar-refractivity contribution in [1.29, 1.82) is 0 Å². The first-order chi connectivity index (χ1) is 17.4. The van der Waals surface area contributed by atoms with E-state index in [9.17, 15) is 13.2 Å². The molecule has 1 aliphatic rings. The minimum Gasteiger partial charge on any atom is -0.493 e. The van der Waals surface area contributed by atoms with Crippen LogP contribution in [-0.4, -0.2) is 44.7 Å². The van der Waals surface area contributed by atoms with Crippen molar-refractivity contribution in [2.75, 3.05) is 20.3 Å². The van der Waals surface area contributed by atoms with Gasteiger partial charge in [-0.3, -0.25) is 9.69 Å². The molecule has 2 aromatic rings. The molecule has 0 aliphatic carbocycles. The van der Waals surface area contributed by atoms with Crippen LogP contribution < -0.4 is 9.47 Å². The average molecular weight is 529 g/mol. The molecule has 1 aliphatic heterocycles. The molecule has 0 aromatic heterocycles. The lowest BCUT2D eigenvalue weighted by atomic mass is 10.1. The molecule has 9 heteroatoms. The Hall–Kier alpha value is -3.04. The highest BCUT2D eigenvalue weighted by Crippen LogP contribution is 2.35. The molecule has 0 spiro atoms. The van der Waals surface area contributed by atoms with Crippen molar-refractivity contribution in [1.82, 2.24) is 4.90 Å². The van der Waals surface area contributed by atoms with Crippen molar-refractivity contribution in [3.8, 4) is 11.5 Å². The maximum Gasteiger partial charge on any atom is 0.284 e. The molecule has 0 atom stereocenters. The van der Waals surface area contributed by atoms with Gasteiger partial charge in [0.25, 0.3) is 15.9 Å². The van der Waals surface area contributed by atoms with Gasteiger partial charge in [0, 0.05) is 6.54 Å². The highest BCUT2D eigenvalue weighted by atomic mass is 32.2. The summed E-state index contributed by atoms with van der Waals surface area (Å²) < 4.78 is 40.9. The van der Waals surface area contributed by atoms with E-state index in [0.29, 0.717) is 23.0 Å². The number of nitrogens with zero attached hydrogens (tertiary/aromatic N) is 2. The fourth-order valence-electron chi connectivity index (χ4n) is 3.55. The Labute approximate surface area is 218 Å². The molecular formula is C27H32N2O5S2. The number of carbonyl (C=O) groups excluding carboxylic acids is 1. The topological polar surface area (TPSA) is 85.3 Å². The molecule has 2 aromatic carbocycles. The predicted molar refractivity (Wildman–Crippen MR) is 146 cm³/mol. The lowest BCUT2D eigenvalue weighted by molar-refractivity contribution is -0.121. The average Bonchev–Trinajstić information content (AvgIpc) is 3.15. The van der Waals surface area contributed by atoms with Crippen LogP contribution >= 0.6 is 11.8 Å². The van der Waals surface area contributed by atoms with Gasteiger partial charge in [-0.25, -0.2) is 0 Å². The summed E-state index contributed by atoms with van der Waals surface area (Å²) in [5.74, 6) is 0.873. The number of benzene rings is 2. The van der Waals surface area contributed by atoms with Crippen LogP contribution in [0.3, 0.4) is 0 Å². The molecule has 36 heavy (non-hydrogen) atoms. The number of amidine groups is 1. The Morgan fingerprint density at radius 3 is 2.50 bits per heavy atom. The number of amides is 1. The van der Waals surface area contributed by atoms with Crippen LogP contribution in [0.2, 0.25) is 0 Å². The zero-order valence-electron chi connectivity index (χ0n) is 20.7. The van der Waals surface area contributed by atoms with E-state index in [1.807, 2.05) is 12.1 Å². The fourth-order valence-corrected chi connectivity index (χ4v) is 5.76. The predicted octanol–water partition coefficient (Wildman–Crippen LogP) is 5.89. The molecule has 0 bridgehead atoms. The fraction of sp³-hybridized carbons (Fsp3) is 0.333. The molecule has 0 saturated carbocycles. The number of thioether (sulfide) groups is 1. The zero-order valence-corrected chi connectivity index (χ0v) is 22.3. The molecule has 192 valence electrons. The lowest BCUT2D eigenvalue weighted by Gasteiger charge is -2.12. The largest absolute Gasteiger partial charge is 0.493 e. The summed E-state index contributed by atoms with van der Waals surface area (Å²) in [4.78, 5) is 14.8. The lowest BCUT2D eigenvalue weighted by Crippen LogP contribution is -2.29. The number of rotatable bonds is 13. The van der Waals surface area contributed by atoms with Crippen LogP contribution in [0.4, 0.5) is 0 Å². The van der Waals surface area contributed by atoms with Crippen LogP contribution in [0, 0.1) is 0 Å². The molecule has 1 saturated heterocycles. The second-order valence-electron chi connectivity index (χ2n) is 8.15. The normalized spacial score (nSPS) is 16.1. The van der Waals surface area contributed by atoms with E-state index in [1.54, 1.807) is 37.5 Å². The van der Waals surface area contributed by atoms with Gasteiger partial charge in [0.05, 0.1) is 23.5 Å². The quantitative estimate of drug-likeness (QED) is 0.183. The first-order valence-electron chi connectivity index (χ1n) is 11.9. The molecule has 0 unspecified atom stereocenters. The summed E-state index contributed by atoms with van der Waals surface area (Å²) in [6, 6.07) is 13.4. The third kappa shape index (κ3) is 7.24. The van der Waals surface area contributed by atoms with Crippen LogP contribution in [0.5, 0.6) is 11.5 Å². The minimum absolute atomic E-state index is 0.0631. The van der Waals surface area contributed by atoms with Crippen molar-refractivity contribution in [2.24, 2.45) is 4.40 Å². The number of carbonyl (C=O) groups is 1. The van der Waals surface area contributed by atoms with Gasteiger partial charge in [-0.05, 0) is 54.1 Å². The van der Waals surface area contributed by atoms with E-state index in [-0.39, 0.29) is 22.5 Å². The molecule has 1 fully saturated rings. The Kier molecular flexibility index (Phi) is 10.2. The molecule has 1 heterocycles. The first-order valence-corrected chi connectivity index (χ1v) is 14.2. The summed E-state index contributed by atoms with van der Waals surface area (Å²) in [5.41, 5.74) is 0.735. The second kappa shape index (κ2) is 13.3. The molecule has 1 amide bonds.